The summed E-state index contributed by atoms with van der Waals surface area (Å²) in [5.41, 5.74) is 0.708. The SMILES string of the molecule is CC(=O)OCCOc1ccc(C(=O)c2ccccc2)c(O)c1. The van der Waals surface area contributed by atoms with Crippen LogP contribution in [0.4, 0.5) is 0 Å². The van der Waals surface area contributed by atoms with Crippen LogP contribution in [0.1, 0.15) is 22.8 Å². The smallest absolute Gasteiger partial charge is 0.302 e. The number of rotatable bonds is 6. The molecule has 0 bridgehead atoms. The molecular weight excluding hydrogens is 284 g/mol. The number of hydrogen-bond acceptors (Lipinski definition) is 5. The molecule has 0 aliphatic carbocycles. The summed E-state index contributed by atoms with van der Waals surface area (Å²) in [5.74, 6) is -0.395. The zero-order valence-corrected chi connectivity index (χ0v) is 12.1. The van der Waals surface area contributed by atoms with E-state index in [1.165, 1.54) is 19.1 Å². The standard InChI is InChI=1S/C17H16O5/c1-12(18)21-9-10-22-14-7-8-15(16(19)11-14)17(20)13-5-3-2-4-6-13/h2-8,11,19H,9-10H2,1H3. The van der Waals surface area contributed by atoms with Gasteiger partial charge in [0.15, 0.2) is 5.78 Å². The maximum atomic E-state index is 12.3. The highest BCUT2D eigenvalue weighted by atomic mass is 16.6. The molecule has 0 amide bonds. The van der Waals surface area contributed by atoms with E-state index in [0.29, 0.717) is 11.3 Å². The van der Waals surface area contributed by atoms with Crippen molar-refractivity contribution in [1.29, 1.82) is 0 Å². The lowest BCUT2D eigenvalue weighted by atomic mass is 10.0. The van der Waals surface area contributed by atoms with Crippen molar-refractivity contribution in [2.75, 3.05) is 13.2 Å². The van der Waals surface area contributed by atoms with E-state index in [-0.39, 0.29) is 36.3 Å². The third-order valence-corrected chi connectivity index (χ3v) is 2.91. The number of carbonyl (C=O) groups excluding carboxylic acids is 2. The maximum absolute atomic E-state index is 12.3. The molecule has 2 rings (SSSR count). The Bertz CT molecular complexity index is 664. The Morgan fingerprint density at radius 1 is 1.05 bits per heavy atom. The van der Waals surface area contributed by atoms with Crippen molar-refractivity contribution < 1.29 is 24.2 Å². The van der Waals surface area contributed by atoms with Crippen LogP contribution in [0.2, 0.25) is 0 Å². The molecule has 0 saturated heterocycles. The van der Waals surface area contributed by atoms with E-state index in [0.717, 1.165) is 0 Å². The molecule has 22 heavy (non-hydrogen) atoms. The number of ketones is 1. The minimum Gasteiger partial charge on any atom is -0.507 e. The van der Waals surface area contributed by atoms with Gasteiger partial charge in [0.25, 0.3) is 0 Å². The normalized spacial score (nSPS) is 10.0. The second-order valence-corrected chi connectivity index (χ2v) is 4.56. The molecule has 114 valence electrons. The summed E-state index contributed by atoms with van der Waals surface area (Å²) in [6.45, 7) is 1.61. The molecule has 2 aromatic carbocycles. The maximum Gasteiger partial charge on any atom is 0.302 e. The first-order chi connectivity index (χ1) is 10.6. The Labute approximate surface area is 128 Å². The van der Waals surface area contributed by atoms with E-state index in [2.05, 4.69) is 0 Å². The number of benzene rings is 2. The average Bonchev–Trinajstić information content (AvgIpc) is 2.52. The summed E-state index contributed by atoms with van der Waals surface area (Å²) in [7, 11) is 0. The van der Waals surface area contributed by atoms with Crippen LogP contribution in [0.25, 0.3) is 0 Å². The Morgan fingerprint density at radius 2 is 1.77 bits per heavy atom. The molecule has 5 heteroatoms. The van der Waals surface area contributed by atoms with Crippen molar-refractivity contribution in [3.63, 3.8) is 0 Å². The van der Waals surface area contributed by atoms with Gasteiger partial charge >= 0.3 is 5.97 Å². The Balaban J connectivity index is 2.03. The van der Waals surface area contributed by atoms with Crippen molar-refractivity contribution in [2.45, 2.75) is 6.92 Å². The molecule has 0 aliphatic heterocycles. The van der Waals surface area contributed by atoms with Crippen molar-refractivity contribution in [3.8, 4) is 11.5 Å². The first-order valence-electron chi connectivity index (χ1n) is 6.77. The largest absolute Gasteiger partial charge is 0.507 e. The molecule has 0 saturated carbocycles. The molecule has 5 nitrogen and oxygen atoms in total. The number of aromatic hydroxyl groups is 1. The predicted octanol–water partition coefficient (Wildman–Crippen LogP) is 2.57. The van der Waals surface area contributed by atoms with Gasteiger partial charge in [-0.05, 0) is 12.1 Å². The number of hydrogen-bond donors (Lipinski definition) is 1. The van der Waals surface area contributed by atoms with Gasteiger partial charge in [-0.3, -0.25) is 9.59 Å². The lowest BCUT2D eigenvalue weighted by Gasteiger charge is -2.09. The molecular formula is C17H16O5. The first-order valence-corrected chi connectivity index (χ1v) is 6.77. The molecule has 0 radical (unpaired) electrons. The third kappa shape index (κ3) is 4.09. The monoisotopic (exact) mass is 300 g/mol. The van der Waals surface area contributed by atoms with Crippen LogP contribution in [0, 0.1) is 0 Å². The van der Waals surface area contributed by atoms with Crippen LogP contribution in [-0.2, 0) is 9.53 Å². The van der Waals surface area contributed by atoms with Crippen LogP contribution >= 0.6 is 0 Å². The number of ether oxygens (including phenoxy) is 2. The van der Waals surface area contributed by atoms with Gasteiger partial charge in [0.1, 0.15) is 24.7 Å². The van der Waals surface area contributed by atoms with Crippen LogP contribution < -0.4 is 4.74 Å². The summed E-state index contributed by atoms with van der Waals surface area (Å²) in [4.78, 5) is 22.9. The minimum absolute atomic E-state index is 0.126. The topological polar surface area (TPSA) is 72.8 Å². The minimum atomic E-state index is -0.379. The Morgan fingerprint density at radius 3 is 2.41 bits per heavy atom. The van der Waals surface area contributed by atoms with Gasteiger partial charge in [-0.2, -0.15) is 0 Å². The molecule has 0 aromatic heterocycles. The van der Waals surface area contributed by atoms with Crippen molar-refractivity contribution in [2.24, 2.45) is 0 Å². The fraction of sp³-hybridized carbons (Fsp3) is 0.176. The van der Waals surface area contributed by atoms with Crippen LogP contribution in [0.15, 0.2) is 48.5 Å². The van der Waals surface area contributed by atoms with Gasteiger partial charge < -0.3 is 14.6 Å². The van der Waals surface area contributed by atoms with E-state index in [9.17, 15) is 14.7 Å². The highest BCUT2D eigenvalue weighted by Crippen LogP contribution is 2.25. The Hall–Kier alpha value is -2.82. The van der Waals surface area contributed by atoms with Crippen molar-refractivity contribution in [3.05, 3.63) is 59.7 Å². The zero-order chi connectivity index (χ0) is 15.9. The van der Waals surface area contributed by atoms with Crippen LogP contribution in [0.3, 0.4) is 0 Å². The van der Waals surface area contributed by atoms with E-state index in [1.807, 2.05) is 6.07 Å². The van der Waals surface area contributed by atoms with Gasteiger partial charge in [0.2, 0.25) is 0 Å². The molecule has 0 atom stereocenters. The Kier molecular flexibility index (Phi) is 5.14. The summed E-state index contributed by atoms with van der Waals surface area (Å²) < 4.78 is 10.1. The van der Waals surface area contributed by atoms with E-state index in [4.69, 9.17) is 9.47 Å². The van der Waals surface area contributed by atoms with Gasteiger partial charge in [0.05, 0.1) is 5.56 Å². The molecule has 0 spiro atoms. The van der Waals surface area contributed by atoms with Crippen molar-refractivity contribution >= 4 is 11.8 Å². The van der Waals surface area contributed by atoms with E-state index in [1.54, 1.807) is 30.3 Å². The molecule has 2 aromatic rings. The van der Waals surface area contributed by atoms with E-state index < -0.39 is 0 Å². The third-order valence-electron chi connectivity index (χ3n) is 2.91. The van der Waals surface area contributed by atoms with Crippen LogP contribution in [0.5, 0.6) is 11.5 Å². The summed E-state index contributed by atoms with van der Waals surface area (Å²) in [6.07, 6.45) is 0. The first kappa shape index (κ1) is 15.6. The van der Waals surface area contributed by atoms with Gasteiger partial charge in [-0.25, -0.2) is 0 Å². The number of phenols is 1. The van der Waals surface area contributed by atoms with E-state index >= 15 is 0 Å². The molecule has 0 fully saturated rings. The lowest BCUT2D eigenvalue weighted by molar-refractivity contribution is -0.141. The fourth-order valence-electron chi connectivity index (χ4n) is 1.88. The fourth-order valence-corrected chi connectivity index (χ4v) is 1.88. The summed E-state index contributed by atoms with van der Waals surface area (Å²) in [5, 5.41) is 9.98. The number of phenolic OH excluding ortho intramolecular Hbond substituents is 1. The molecule has 0 aliphatic rings. The quantitative estimate of drug-likeness (QED) is 0.504. The summed E-state index contributed by atoms with van der Waals surface area (Å²) >= 11 is 0. The second kappa shape index (κ2) is 7.26. The average molecular weight is 300 g/mol. The molecule has 0 unspecified atom stereocenters. The lowest BCUT2D eigenvalue weighted by Crippen LogP contribution is -2.09. The van der Waals surface area contributed by atoms with Crippen LogP contribution in [-0.4, -0.2) is 30.1 Å². The summed E-state index contributed by atoms with van der Waals surface area (Å²) in [6, 6.07) is 13.2. The number of esters is 1. The highest BCUT2D eigenvalue weighted by molar-refractivity contribution is 6.10. The highest BCUT2D eigenvalue weighted by Gasteiger charge is 2.13. The van der Waals surface area contributed by atoms with Gasteiger partial charge in [0, 0.05) is 18.6 Å². The predicted molar refractivity (Wildman–Crippen MR) is 80.1 cm³/mol. The molecule has 1 N–H and O–H groups in total. The number of carbonyl (C=O) groups is 2. The zero-order valence-electron chi connectivity index (χ0n) is 12.1. The molecule has 0 heterocycles. The second-order valence-electron chi connectivity index (χ2n) is 4.56. The van der Waals surface area contributed by atoms with Crippen molar-refractivity contribution in [1.82, 2.24) is 0 Å². The van der Waals surface area contributed by atoms with Gasteiger partial charge in [-0.1, -0.05) is 30.3 Å². The van der Waals surface area contributed by atoms with Gasteiger partial charge in [-0.15, -0.1) is 0 Å².